The summed E-state index contributed by atoms with van der Waals surface area (Å²) in [5, 5.41) is 6.02. The first-order valence-electron chi connectivity index (χ1n) is 6.35. The van der Waals surface area contributed by atoms with Crippen LogP contribution in [-0.4, -0.2) is 30.5 Å². The van der Waals surface area contributed by atoms with E-state index in [-0.39, 0.29) is 5.91 Å². The van der Waals surface area contributed by atoms with Crippen LogP contribution in [0.2, 0.25) is 0 Å². The molecule has 0 saturated carbocycles. The molecule has 0 radical (unpaired) electrons. The van der Waals surface area contributed by atoms with Crippen molar-refractivity contribution in [2.45, 2.75) is 20.3 Å². The molecule has 1 aromatic rings. The molecule has 0 aliphatic carbocycles. The molecule has 0 aliphatic heterocycles. The molecule has 0 aliphatic rings. The zero-order valence-electron chi connectivity index (χ0n) is 11.1. The van der Waals surface area contributed by atoms with Crippen molar-refractivity contribution in [1.82, 2.24) is 10.3 Å². The van der Waals surface area contributed by atoms with Crippen molar-refractivity contribution in [3.63, 3.8) is 0 Å². The summed E-state index contributed by atoms with van der Waals surface area (Å²) in [7, 11) is 0. The van der Waals surface area contributed by atoms with E-state index in [4.69, 9.17) is 5.73 Å². The Balaban J connectivity index is 2.56. The number of amides is 1. The van der Waals surface area contributed by atoms with Gasteiger partial charge in [0.15, 0.2) is 0 Å². The van der Waals surface area contributed by atoms with Gasteiger partial charge in [0.1, 0.15) is 5.69 Å². The topological polar surface area (TPSA) is 80.0 Å². The zero-order chi connectivity index (χ0) is 13.4. The van der Waals surface area contributed by atoms with Crippen LogP contribution in [0.5, 0.6) is 0 Å². The Hall–Kier alpha value is -1.62. The number of anilines is 1. The lowest BCUT2D eigenvalue weighted by Gasteiger charge is -2.12. The predicted octanol–water partition coefficient (Wildman–Crippen LogP) is 1.23. The first-order valence-corrected chi connectivity index (χ1v) is 6.35. The Labute approximate surface area is 108 Å². The van der Waals surface area contributed by atoms with Crippen LogP contribution in [0.3, 0.4) is 0 Å². The van der Waals surface area contributed by atoms with Gasteiger partial charge < -0.3 is 16.4 Å². The van der Waals surface area contributed by atoms with Gasteiger partial charge in [0.2, 0.25) is 0 Å². The monoisotopic (exact) mass is 250 g/mol. The van der Waals surface area contributed by atoms with Crippen LogP contribution in [0.4, 0.5) is 5.69 Å². The molecule has 1 unspecified atom stereocenters. The molecule has 0 spiro atoms. The number of nitrogens with zero attached hydrogens (tertiary/aromatic N) is 1. The summed E-state index contributed by atoms with van der Waals surface area (Å²) in [6, 6.07) is 3.62. The van der Waals surface area contributed by atoms with E-state index in [1.165, 1.54) is 0 Å². The number of nitrogens with one attached hydrogen (secondary N) is 2. The van der Waals surface area contributed by atoms with Gasteiger partial charge in [0, 0.05) is 25.0 Å². The van der Waals surface area contributed by atoms with Crippen LogP contribution in [0.15, 0.2) is 18.3 Å². The number of rotatable bonds is 7. The van der Waals surface area contributed by atoms with Crippen molar-refractivity contribution < 1.29 is 4.79 Å². The molecule has 1 heterocycles. The first kappa shape index (κ1) is 14.4. The second-order valence-electron chi connectivity index (χ2n) is 4.35. The lowest BCUT2D eigenvalue weighted by atomic mass is 10.1. The highest BCUT2D eigenvalue weighted by Gasteiger charge is 2.07. The van der Waals surface area contributed by atoms with Gasteiger partial charge >= 0.3 is 0 Å². The maximum absolute atomic E-state index is 11.6. The lowest BCUT2D eigenvalue weighted by molar-refractivity contribution is 0.0951. The molecule has 0 saturated heterocycles. The number of hydrogen-bond acceptors (Lipinski definition) is 4. The zero-order valence-corrected chi connectivity index (χ0v) is 11.1. The maximum Gasteiger partial charge on any atom is 0.269 e. The molecule has 0 bridgehead atoms. The van der Waals surface area contributed by atoms with Crippen LogP contribution in [0.1, 0.15) is 30.8 Å². The van der Waals surface area contributed by atoms with Crippen molar-refractivity contribution in [3.8, 4) is 0 Å². The van der Waals surface area contributed by atoms with E-state index in [0.29, 0.717) is 24.7 Å². The van der Waals surface area contributed by atoms with Crippen molar-refractivity contribution in [3.05, 3.63) is 24.0 Å². The number of carbonyl (C=O) groups excluding carboxylic acids is 1. The molecule has 1 aromatic heterocycles. The molecular formula is C13H22N4O. The van der Waals surface area contributed by atoms with Crippen molar-refractivity contribution in [2.75, 3.05) is 25.0 Å². The van der Waals surface area contributed by atoms with Gasteiger partial charge in [-0.25, -0.2) is 0 Å². The summed E-state index contributed by atoms with van der Waals surface area (Å²) in [6.45, 7) is 6.17. The standard InChI is InChI=1S/C13H22N4O/c1-3-15-13(18)12-8-11(5-7-16-12)17-9-10(2)4-6-14/h5,7-8,10H,3-4,6,9,14H2,1-2H3,(H,15,18)(H,16,17). The molecule has 0 fully saturated rings. The Morgan fingerprint density at radius 1 is 1.56 bits per heavy atom. The van der Waals surface area contributed by atoms with Crippen LogP contribution < -0.4 is 16.4 Å². The second-order valence-corrected chi connectivity index (χ2v) is 4.35. The second kappa shape index (κ2) is 7.66. The van der Waals surface area contributed by atoms with Gasteiger partial charge in [-0.3, -0.25) is 9.78 Å². The van der Waals surface area contributed by atoms with E-state index >= 15 is 0 Å². The normalized spacial score (nSPS) is 11.9. The van der Waals surface area contributed by atoms with Gasteiger partial charge in [-0.15, -0.1) is 0 Å². The van der Waals surface area contributed by atoms with Gasteiger partial charge in [0.25, 0.3) is 5.91 Å². The third-order valence-electron chi connectivity index (χ3n) is 2.64. The van der Waals surface area contributed by atoms with E-state index in [2.05, 4.69) is 22.5 Å². The third kappa shape index (κ3) is 4.71. The highest BCUT2D eigenvalue weighted by molar-refractivity contribution is 5.93. The minimum absolute atomic E-state index is 0.142. The molecular weight excluding hydrogens is 228 g/mol. The largest absolute Gasteiger partial charge is 0.385 e. The fourth-order valence-corrected chi connectivity index (χ4v) is 1.59. The number of nitrogens with two attached hydrogens (primary N) is 1. The quantitative estimate of drug-likeness (QED) is 0.680. The molecule has 1 rings (SSSR count). The van der Waals surface area contributed by atoms with Gasteiger partial charge in [-0.2, -0.15) is 0 Å². The fourth-order valence-electron chi connectivity index (χ4n) is 1.59. The molecule has 5 heteroatoms. The SMILES string of the molecule is CCNC(=O)c1cc(NCC(C)CCN)ccn1. The summed E-state index contributed by atoms with van der Waals surface area (Å²) in [5.74, 6) is 0.368. The molecule has 18 heavy (non-hydrogen) atoms. The van der Waals surface area contributed by atoms with Crippen LogP contribution in [-0.2, 0) is 0 Å². The predicted molar refractivity (Wildman–Crippen MR) is 73.6 cm³/mol. The third-order valence-corrected chi connectivity index (χ3v) is 2.64. The number of hydrogen-bond donors (Lipinski definition) is 3. The molecule has 100 valence electrons. The highest BCUT2D eigenvalue weighted by Crippen LogP contribution is 2.10. The molecule has 4 N–H and O–H groups in total. The Bertz CT molecular complexity index is 381. The fraction of sp³-hybridized carbons (Fsp3) is 0.538. The highest BCUT2D eigenvalue weighted by atomic mass is 16.1. The minimum Gasteiger partial charge on any atom is -0.385 e. The first-order chi connectivity index (χ1) is 8.67. The summed E-state index contributed by atoms with van der Waals surface area (Å²) in [6.07, 6.45) is 2.63. The average Bonchev–Trinajstić information content (AvgIpc) is 2.37. The van der Waals surface area contributed by atoms with Crippen LogP contribution >= 0.6 is 0 Å². The summed E-state index contributed by atoms with van der Waals surface area (Å²) in [5.41, 5.74) is 6.86. The van der Waals surface area contributed by atoms with E-state index in [9.17, 15) is 4.79 Å². The summed E-state index contributed by atoms with van der Waals surface area (Å²) >= 11 is 0. The Kier molecular flexibility index (Phi) is 6.14. The van der Waals surface area contributed by atoms with E-state index in [1.54, 1.807) is 12.3 Å². The molecule has 5 nitrogen and oxygen atoms in total. The Morgan fingerprint density at radius 2 is 2.33 bits per heavy atom. The van der Waals surface area contributed by atoms with E-state index in [1.807, 2.05) is 13.0 Å². The summed E-state index contributed by atoms with van der Waals surface area (Å²) < 4.78 is 0. The average molecular weight is 250 g/mol. The van der Waals surface area contributed by atoms with Crippen molar-refractivity contribution in [2.24, 2.45) is 11.7 Å². The smallest absolute Gasteiger partial charge is 0.269 e. The number of aromatic nitrogens is 1. The maximum atomic E-state index is 11.6. The summed E-state index contributed by atoms with van der Waals surface area (Å²) in [4.78, 5) is 15.7. The Morgan fingerprint density at radius 3 is 3.00 bits per heavy atom. The molecule has 1 atom stereocenters. The van der Waals surface area contributed by atoms with E-state index in [0.717, 1.165) is 18.7 Å². The lowest BCUT2D eigenvalue weighted by Crippen LogP contribution is -2.24. The number of carbonyl (C=O) groups is 1. The van der Waals surface area contributed by atoms with Gasteiger partial charge in [-0.1, -0.05) is 6.92 Å². The van der Waals surface area contributed by atoms with Gasteiger partial charge in [0.05, 0.1) is 0 Å². The molecule has 1 amide bonds. The minimum atomic E-state index is -0.142. The number of pyridine rings is 1. The van der Waals surface area contributed by atoms with Crippen LogP contribution in [0.25, 0.3) is 0 Å². The van der Waals surface area contributed by atoms with Gasteiger partial charge in [-0.05, 0) is 37.9 Å². The van der Waals surface area contributed by atoms with Crippen LogP contribution in [0, 0.1) is 5.92 Å². The van der Waals surface area contributed by atoms with Crippen molar-refractivity contribution >= 4 is 11.6 Å². The van der Waals surface area contributed by atoms with E-state index < -0.39 is 0 Å². The van der Waals surface area contributed by atoms with Crippen molar-refractivity contribution in [1.29, 1.82) is 0 Å². The molecule has 0 aromatic carbocycles.